The largest absolute Gasteiger partial charge is 0.497 e. The Bertz CT molecular complexity index is 686. The molecule has 0 amide bonds. The van der Waals surface area contributed by atoms with Gasteiger partial charge < -0.3 is 19.5 Å². The van der Waals surface area contributed by atoms with Crippen molar-refractivity contribution in [2.24, 2.45) is 0 Å². The highest BCUT2D eigenvalue weighted by Crippen LogP contribution is 2.37. The Morgan fingerprint density at radius 3 is 2.42 bits per heavy atom. The molecule has 0 radical (unpaired) electrons. The lowest BCUT2D eigenvalue weighted by Gasteiger charge is -2.17. The smallest absolute Gasteiger partial charge is 0.175 e. The van der Waals surface area contributed by atoms with Crippen LogP contribution < -0.4 is 19.5 Å². The minimum absolute atomic E-state index is 0.0963. The minimum atomic E-state index is 0.0963. The summed E-state index contributed by atoms with van der Waals surface area (Å²) in [5.41, 5.74) is 2.45. The molecule has 2 aromatic rings. The molecule has 0 aliphatic heterocycles. The first-order valence-electron chi connectivity index (χ1n) is 8.99. The van der Waals surface area contributed by atoms with Crippen LogP contribution in [0.2, 0.25) is 0 Å². The van der Waals surface area contributed by atoms with Crippen LogP contribution in [0.3, 0.4) is 0 Å². The highest BCUT2D eigenvalue weighted by Gasteiger charge is 2.13. The maximum Gasteiger partial charge on any atom is 0.175 e. The number of halogens is 1. The number of hydrogen-bond acceptors (Lipinski definition) is 4. The van der Waals surface area contributed by atoms with Crippen LogP contribution in [0.1, 0.15) is 31.9 Å². The predicted molar refractivity (Wildman–Crippen MR) is 109 cm³/mol. The van der Waals surface area contributed by atoms with E-state index in [2.05, 4.69) is 39.4 Å². The van der Waals surface area contributed by atoms with Crippen molar-refractivity contribution in [1.82, 2.24) is 5.32 Å². The van der Waals surface area contributed by atoms with Gasteiger partial charge >= 0.3 is 0 Å². The van der Waals surface area contributed by atoms with E-state index in [4.69, 9.17) is 14.2 Å². The minimum Gasteiger partial charge on any atom is -0.497 e. The first-order chi connectivity index (χ1) is 12.5. The summed E-state index contributed by atoms with van der Waals surface area (Å²) in [6.45, 7) is 8.28. The van der Waals surface area contributed by atoms with Crippen LogP contribution in [-0.2, 0) is 13.0 Å². The van der Waals surface area contributed by atoms with Gasteiger partial charge in [-0.1, -0.05) is 12.1 Å². The summed E-state index contributed by atoms with van der Waals surface area (Å²) in [7, 11) is 1.68. The number of nitrogens with one attached hydrogen (secondary N) is 1. The Kier molecular flexibility index (Phi) is 8.26. The lowest BCUT2D eigenvalue weighted by Crippen LogP contribution is -2.17. The third-order valence-electron chi connectivity index (χ3n) is 3.80. The van der Waals surface area contributed by atoms with Gasteiger partial charge in [0, 0.05) is 6.54 Å². The first-order valence-corrected chi connectivity index (χ1v) is 9.78. The molecule has 0 spiro atoms. The van der Waals surface area contributed by atoms with E-state index < -0.39 is 0 Å². The van der Waals surface area contributed by atoms with Gasteiger partial charge in [0.25, 0.3) is 0 Å². The summed E-state index contributed by atoms with van der Waals surface area (Å²) in [5.74, 6) is 2.44. The zero-order chi connectivity index (χ0) is 18.9. The molecule has 2 aromatic carbocycles. The molecular weight excluding hydrogens is 394 g/mol. The summed E-state index contributed by atoms with van der Waals surface area (Å²) >= 11 is 3.61. The van der Waals surface area contributed by atoms with E-state index >= 15 is 0 Å². The maximum absolute atomic E-state index is 5.88. The van der Waals surface area contributed by atoms with Gasteiger partial charge in [-0.15, -0.1) is 0 Å². The summed E-state index contributed by atoms with van der Waals surface area (Å²) in [4.78, 5) is 0. The zero-order valence-electron chi connectivity index (χ0n) is 16.0. The van der Waals surface area contributed by atoms with Crippen molar-refractivity contribution in [2.75, 3.05) is 20.3 Å². The number of hydrogen-bond donors (Lipinski definition) is 1. The molecule has 0 aliphatic carbocycles. The van der Waals surface area contributed by atoms with Gasteiger partial charge in [0.15, 0.2) is 11.5 Å². The Hall–Kier alpha value is -1.72. The second-order valence-corrected chi connectivity index (χ2v) is 7.13. The first kappa shape index (κ1) is 20.6. The van der Waals surface area contributed by atoms with Crippen molar-refractivity contribution >= 4 is 15.9 Å². The second-order valence-electron chi connectivity index (χ2n) is 6.28. The molecule has 0 saturated heterocycles. The lowest BCUT2D eigenvalue weighted by molar-refractivity contribution is 0.222. The van der Waals surface area contributed by atoms with Crippen LogP contribution in [0, 0.1) is 0 Å². The molecule has 0 aliphatic rings. The normalized spacial score (nSPS) is 10.8. The highest BCUT2D eigenvalue weighted by atomic mass is 79.9. The Labute approximate surface area is 165 Å². The summed E-state index contributed by atoms with van der Waals surface area (Å²) in [5, 5.41) is 3.49. The standard InChI is InChI=1S/C21H28BrNO3/c1-5-25-20-13-17(12-19(22)21(20)26-15(2)3)14-23-11-10-16-6-8-18(24-4)9-7-16/h6-9,12-13,15,23H,5,10-11,14H2,1-4H3. The molecule has 0 atom stereocenters. The van der Waals surface area contributed by atoms with E-state index in [1.165, 1.54) is 5.56 Å². The van der Waals surface area contributed by atoms with Crippen molar-refractivity contribution in [1.29, 1.82) is 0 Å². The zero-order valence-corrected chi connectivity index (χ0v) is 17.6. The van der Waals surface area contributed by atoms with Crippen molar-refractivity contribution in [3.8, 4) is 17.2 Å². The van der Waals surface area contributed by atoms with Crippen LogP contribution in [0.15, 0.2) is 40.9 Å². The summed E-state index contributed by atoms with van der Waals surface area (Å²) < 4.78 is 17.8. The summed E-state index contributed by atoms with van der Waals surface area (Å²) in [6.07, 6.45) is 1.07. The lowest BCUT2D eigenvalue weighted by atomic mass is 10.1. The quantitative estimate of drug-likeness (QED) is 0.549. The Balaban J connectivity index is 1.93. The van der Waals surface area contributed by atoms with E-state index in [1.807, 2.05) is 39.0 Å². The SMILES string of the molecule is CCOc1cc(CNCCc2ccc(OC)cc2)cc(Br)c1OC(C)C. The number of ether oxygens (including phenoxy) is 3. The molecule has 142 valence electrons. The van der Waals surface area contributed by atoms with Crippen LogP contribution in [0.25, 0.3) is 0 Å². The molecule has 0 unspecified atom stereocenters. The second kappa shape index (κ2) is 10.4. The molecule has 2 rings (SSSR count). The van der Waals surface area contributed by atoms with Crippen LogP contribution in [0.5, 0.6) is 17.2 Å². The molecule has 0 heterocycles. The molecule has 0 fully saturated rings. The molecule has 26 heavy (non-hydrogen) atoms. The van der Waals surface area contributed by atoms with Gasteiger partial charge in [-0.05, 0) is 85.1 Å². The number of benzene rings is 2. The molecule has 0 aromatic heterocycles. The number of rotatable bonds is 10. The molecule has 4 nitrogen and oxygen atoms in total. The molecule has 0 saturated carbocycles. The molecule has 0 bridgehead atoms. The van der Waals surface area contributed by atoms with E-state index in [0.29, 0.717) is 6.61 Å². The van der Waals surface area contributed by atoms with Crippen LogP contribution in [-0.4, -0.2) is 26.4 Å². The number of methoxy groups -OCH3 is 1. The van der Waals surface area contributed by atoms with Gasteiger partial charge in [-0.3, -0.25) is 0 Å². The van der Waals surface area contributed by atoms with Gasteiger partial charge in [0.1, 0.15) is 5.75 Å². The monoisotopic (exact) mass is 421 g/mol. The fourth-order valence-electron chi connectivity index (χ4n) is 2.59. The average Bonchev–Trinajstić information content (AvgIpc) is 2.62. The topological polar surface area (TPSA) is 39.7 Å². The molecule has 1 N–H and O–H groups in total. The van der Waals surface area contributed by atoms with Gasteiger partial charge in [0.05, 0.1) is 24.3 Å². The highest BCUT2D eigenvalue weighted by molar-refractivity contribution is 9.10. The Morgan fingerprint density at radius 2 is 1.81 bits per heavy atom. The van der Waals surface area contributed by atoms with E-state index in [0.717, 1.165) is 46.8 Å². The third kappa shape index (κ3) is 6.22. The van der Waals surface area contributed by atoms with E-state index in [1.54, 1.807) is 7.11 Å². The Morgan fingerprint density at radius 1 is 1.08 bits per heavy atom. The molecular formula is C21H28BrNO3. The fraction of sp³-hybridized carbons (Fsp3) is 0.429. The maximum atomic E-state index is 5.88. The average molecular weight is 422 g/mol. The van der Waals surface area contributed by atoms with Crippen molar-refractivity contribution in [3.63, 3.8) is 0 Å². The van der Waals surface area contributed by atoms with Gasteiger partial charge in [0.2, 0.25) is 0 Å². The van der Waals surface area contributed by atoms with Crippen molar-refractivity contribution in [3.05, 3.63) is 52.0 Å². The van der Waals surface area contributed by atoms with Gasteiger partial charge in [-0.2, -0.15) is 0 Å². The van der Waals surface area contributed by atoms with Crippen molar-refractivity contribution in [2.45, 2.75) is 39.8 Å². The predicted octanol–water partition coefficient (Wildman–Crippen LogP) is 4.98. The van der Waals surface area contributed by atoms with Crippen molar-refractivity contribution < 1.29 is 14.2 Å². The van der Waals surface area contributed by atoms with E-state index in [9.17, 15) is 0 Å². The van der Waals surface area contributed by atoms with E-state index in [-0.39, 0.29) is 6.10 Å². The summed E-state index contributed by atoms with van der Waals surface area (Å²) in [6, 6.07) is 12.3. The molecule has 5 heteroatoms. The van der Waals surface area contributed by atoms with Gasteiger partial charge in [-0.25, -0.2) is 0 Å². The third-order valence-corrected chi connectivity index (χ3v) is 4.39. The van der Waals surface area contributed by atoms with Crippen LogP contribution >= 0.6 is 15.9 Å². The fourth-order valence-corrected chi connectivity index (χ4v) is 3.18. The van der Waals surface area contributed by atoms with Crippen LogP contribution in [0.4, 0.5) is 0 Å².